The zero-order chi connectivity index (χ0) is 22.9. The van der Waals surface area contributed by atoms with Gasteiger partial charge in [0.1, 0.15) is 0 Å². The lowest BCUT2D eigenvalue weighted by atomic mass is 9.82. The van der Waals surface area contributed by atoms with Gasteiger partial charge in [-0.3, -0.25) is 0 Å². The number of hydrogen-bond acceptors (Lipinski definition) is 0. The molecule has 3 aromatic carbocycles. The quantitative estimate of drug-likeness (QED) is 0.342. The van der Waals surface area contributed by atoms with E-state index in [0.29, 0.717) is 23.7 Å². The summed E-state index contributed by atoms with van der Waals surface area (Å²) in [5.74, 6) is 1.93. The molecule has 0 aliphatic heterocycles. The fourth-order valence-corrected chi connectivity index (χ4v) is 5.21. The molecule has 164 valence electrons. The van der Waals surface area contributed by atoms with Gasteiger partial charge in [-0.05, 0) is 73.5 Å². The van der Waals surface area contributed by atoms with Crippen molar-refractivity contribution in [3.63, 3.8) is 0 Å². The number of rotatable bonds is 6. The van der Waals surface area contributed by atoms with Crippen LogP contribution >= 0.6 is 9.24 Å². The van der Waals surface area contributed by atoms with Crippen LogP contribution < -0.4 is 5.30 Å². The third kappa shape index (κ3) is 4.65. The van der Waals surface area contributed by atoms with E-state index in [1.165, 1.54) is 49.8 Å². The molecule has 0 bridgehead atoms. The Morgan fingerprint density at radius 2 is 0.710 bits per heavy atom. The molecule has 0 fully saturated rings. The summed E-state index contributed by atoms with van der Waals surface area (Å²) in [5, 5.41) is 1.31. The smallest absolute Gasteiger partial charge is 0.0100 e. The van der Waals surface area contributed by atoms with Crippen molar-refractivity contribution in [1.82, 2.24) is 0 Å². The Morgan fingerprint density at radius 3 is 0.968 bits per heavy atom. The fourth-order valence-electron chi connectivity index (χ4n) is 4.73. The predicted octanol–water partition coefficient (Wildman–Crippen LogP) is 9.01. The van der Waals surface area contributed by atoms with Crippen LogP contribution in [0.15, 0.2) is 54.6 Å². The molecular weight excluding hydrogens is 391 g/mol. The second kappa shape index (κ2) is 9.70. The topological polar surface area (TPSA) is 0 Å². The highest BCUT2D eigenvalue weighted by molar-refractivity contribution is 7.28. The Labute approximate surface area is 192 Å². The van der Waals surface area contributed by atoms with E-state index in [1.807, 2.05) is 0 Å². The van der Waals surface area contributed by atoms with E-state index < -0.39 is 0 Å². The molecule has 3 aromatic rings. The van der Waals surface area contributed by atoms with Crippen molar-refractivity contribution in [3.8, 4) is 22.3 Å². The highest BCUT2D eigenvalue weighted by Crippen LogP contribution is 2.40. The zero-order valence-electron chi connectivity index (χ0n) is 20.6. The monoisotopic (exact) mass is 430 g/mol. The largest absolute Gasteiger partial charge is 0.104 e. The van der Waals surface area contributed by atoms with Crippen molar-refractivity contribution in [2.75, 3.05) is 0 Å². The normalized spacial score (nSPS) is 11.9. The van der Waals surface area contributed by atoms with Crippen LogP contribution in [0, 0.1) is 0 Å². The lowest BCUT2D eigenvalue weighted by Crippen LogP contribution is -2.10. The average Bonchev–Trinajstić information content (AvgIpc) is 2.72. The van der Waals surface area contributed by atoms with E-state index in [4.69, 9.17) is 0 Å². The minimum atomic E-state index is 0.482. The van der Waals surface area contributed by atoms with Gasteiger partial charge in [0.2, 0.25) is 0 Å². The molecule has 0 N–H and O–H groups in total. The van der Waals surface area contributed by atoms with Crippen molar-refractivity contribution in [2.24, 2.45) is 0 Å². The first kappa shape index (κ1) is 23.7. The third-order valence-corrected chi connectivity index (χ3v) is 7.01. The molecule has 0 aromatic heterocycles. The van der Waals surface area contributed by atoms with Gasteiger partial charge < -0.3 is 0 Å². The van der Waals surface area contributed by atoms with Gasteiger partial charge in [0, 0.05) is 0 Å². The van der Waals surface area contributed by atoms with E-state index >= 15 is 0 Å². The Balaban J connectivity index is 2.38. The molecule has 0 aliphatic carbocycles. The number of hydrogen-bond donors (Lipinski definition) is 0. The van der Waals surface area contributed by atoms with E-state index in [-0.39, 0.29) is 0 Å². The van der Waals surface area contributed by atoms with E-state index in [1.54, 1.807) is 0 Å². The summed E-state index contributed by atoms with van der Waals surface area (Å²) in [7, 11) is 3.11. The molecule has 0 spiro atoms. The molecule has 0 saturated carbocycles. The summed E-state index contributed by atoms with van der Waals surface area (Å²) in [6, 6.07) is 20.6. The second-order valence-electron chi connectivity index (χ2n) is 10.0. The Morgan fingerprint density at radius 1 is 0.452 bits per heavy atom. The maximum atomic E-state index is 3.11. The van der Waals surface area contributed by atoms with Gasteiger partial charge in [-0.2, -0.15) is 0 Å². The molecule has 1 heteroatoms. The average molecular weight is 431 g/mol. The molecule has 1 atom stereocenters. The molecule has 0 saturated heterocycles. The van der Waals surface area contributed by atoms with Gasteiger partial charge in [-0.15, -0.1) is 9.24 Å². The molecule has 0 aliphatic rings. The Bertz CT molecular complexity index is 920. The van der Waals surface area contributed by atoms with Gasteiger partial charge >= 0.3 is 0 Å². The summed E-state index contributed by atoms with van der Waals surface area (Å²) in [4.78, 5) is 0. The van der Waals surface area contributed by atoms with E-state index in [2.05, 4.69) is 119 Å². The molecule has 3 rings (SSSR count). The predicted molar refractivity (Wildman–Crippen MR) is 143 cm³/mol. The molecular formula is C30H39P. The van der Waals surface area contributed by atoms with Gasteiger partial charge in [0.05, 0.1) is 0 Å². The molecule has 0 nitrogen and oxygen atoms in total. The van der Waals surface area contributed by atoms with Crippen LogP contribution in [0.5, 0.6) is 0 Å². The zero-order valence-corrected chi connectivity index (χ0v) is 21.7. The van der Waals surface area contributed by atoms with Crippen LogP contribution in [-0.2, 0) is 0 Å². The lowest BCUT2D eigenvalue weighted by Gasteiger charge is -2.25. The summed E-state index contributed by atoms with van der Waals surface area (Å²) >= 11 is 0. The summed E-state index contributed by atoms with van der Waals surface area (Å²) in [5.41, 5.74) is 11.3. The summed E-state index contributed by atoms with van der Waals surface area (Å²) < 4.78 is 0. The van der Waals surface area contributed by atoms with Gasteiger partial charge in [-0.1, -0.05) is 110 Å². The standard InChI is InChI=1S/C30H39P/c1-18(2)22-12-9-13-23(19(3)4)28(22)26-16-11-17-27(30(26)31)29-24(20(5)6)14-10-15-25(29)21(7)8/h9-21H,31H2,1-8H3. The van der Waals surface area contributed by atoms with E-state index in [9.17, 15) is 0 Å². The van der Waals surface area contributed by atoms with Crippen LogP contribution in [0.25, 0.3) is 22.3 Å². The maximum absolute atomic E-state index is 3.11. The highest BCUT2D eigenvalue weighted by Gasteiger charge is 2.21. The van der Waals surface area contributed by atoms with Crippen LogP contribution in [0.1, 0.15) is 101 Å². The van der Waals surface area contributed by atoms with Crippen molar-refractivity contribution < 1.29 is 0 Å². The molecule has 1 unspecified atom stereocenters. The molecule has 0 amide bonds. The maximum Gasteiger partial charge on any atom is -0.0100 e. The van der Waals surface area contributed by atoms with Crippen molar-refractivity contribution >= 4 is 14.5 Å². The SMILES string of the molecule is CC(C)c1cccc(C(C)C)c1-c1cccc(-c2c(C(C)C)cccc2C(C)C)c1P. The van der Waals surface area contributed by atoms with Gasteiger partial charge in [-0.25, -0.2) is 0 Å². The van der Waals surface area contributed by atoms with Crippen LogP contribution in [-0.4, -0.2) is 0 Å². The third-order valence-electron chi connectivity index (χ3n) is 6.39. The van der Waals surface area contributed by atoms with Crippen LogP contribution in [0.4, 0.5) is 0 Å². The lowest BCUT2D eigenvalue weighted by molar-refractivity contribution is 0.837. The van der Waals surface area contributed by atoms with Crippen molar-refractivity contribution in [2.45, 2.75) is 79.1 Å². The first-order valence-corrected chi connectivity index (χ1v) is 12.4. The minimum Gasteiger partial charge on any atom is -0.104 e. The first-order chi connectivity index (χ1) is 14.6. The fraction of sp³-hybridized carbons (Fsp3) is 0.400. The molecule has 0 heterocycles. The van der Waals surface area contributed by atoms with Crippen LogP contribution in [0.2, 0.25) is 0 Å². The minimum absolute atomic E-state index is 0.482. The van der Waals surface area contributed by atoms with E-state index in [0.717, 1.165) is 0 Å². The molecule has 31 heavy (non-hydrogen) atoms. The highest BCUT2D eigenvalue weighted by atomic mass is 31.0. The Kier molecular flexibility index (Phi) is 7.43. The van der Waals surface area contributed by atoms with Crippen LogP contribution in [0.3, 0.4) is 0 Å². The second-order valence-corrected chi connectivity index (χ2v) is 10.6. The Hall–Kier alpha value is -1.91. The van der Waals surface area contributed by atoms with Gasteiger partial charge in [0.25, 0.3) is 0 Å². The first-order valence-electron chi connectivity index (χ1n) is 11.8. The molecule has 0 radical (unpaired) electrons. The van der Waals surface area contributed by atoms with Crippen molar-refractivity contribution in [1.29, 1.82) is 0 Å². The van der Waals surface area contributed by atoms with Crippen molar-refractivity contribution in [3.05, 3.63) is 76.9 Å². The summed E-state index contributed by atoms with van der Waals surface area (Å²) in [6.07, 6.45) is 0. The summed E-state index contributed by atoms with van der Waals surface area (Å²) in [6.45, 7) is 18.4. The number of benzene rings is 3. The van der Waals surface area contributed by atoms with Gasteiger partial charge in [0.15, 0.2) is 0 Å².